The summed E-state index contributed by atoms with van der Waals surface area (Å²) in [6.07, 6.45) is 0.285. The maximum Gasteiger partial charge on any atom is 0.206 e. The van der Waals surface area contributed by atoms with Crippen molar-refractivity contribution in [3.63, 3.8) is 0 Å². The number of sulfone groups is 1. The molecule has 4 rings (SSSR count). The van der Waals surface area contributed by atoms with Crippen molar-refractivity contribution in [1.82, 2.24) is 5.32 Å². The molecule has 2 aliphatic heterocycles. The lowest BCUT2D eigenvalue weighted by Gasteiger charge is -2.31. The molecule has 0 saturated heterocycles. The lowest BCUT2D eigenvalue weighted by molar-refractivity contribution is -0.116. The van der Waals surface area contributed by atoms with Gasteiger partial charge in [-0.25, -0.2) is 8.42 Å². The van der Waals surface area contributed by atoms with Crippen LogP contribution in [0.3, 0.4) is 0 Å². The number of carbonyl (C=O) groups excluding carboxylic acids is 1. The summed E-state index contributed by atoms with van der Waals surface area (Å²) in [4.78, 5) is 19.0. The number of aliphatic imine (C=N–C) groups is 1. The van der Waals surface area contributed by atoms with Gasteiger partial charge < -0.3 is 15.0 Å². The van der Waals surface area contributed by atoms with Gasteiger partial charge in [-0.2, -0.15) is 0 Å². The van der Waals surface area contributed by atoms with Crippen molar-refractivity contribution < 1.29 is 17.9 Å². The molecule has 0 aliphatic carbocycles. The number of rotatable bonds is 6. The van der Waals surface area contributed by atoms with E-state index in [1.54, 1.807) is 42.5 Å². The van der Waals surface area contributed by atoms with Crippen LogP contribution in [0.1, 0.15) is 6.42 Å². The number of carbonyl (C=O) groups is 1. The number of hydrogen-bond donors (Lipinski definition) is 1. The van der Waals surface area contributed by atoms with E-state index in [1.807, 2.05) is 4.90 Å². The summed E-state index contributed by atoms with van der Waals surface area (Å²) >= 11 is 0. The van der Waals surface area contributed by atoms with Gasteiger partial charge in [0.05, 0.1) is 41.5 Å². The highest BCUT2D eigenvalue weighted by molar-refractivity contribution is 7.91. The smallest absolute Gasteiger partial charge is 0.206 e. The fourth-order valence-corrected chi connectivity index (χ4v) is 4.64. The molecular formula is C20H21N3O4S. The Hall–Kier alpha value is -2.87. The minimum absolute atomic E-state index is 0.0574. The molecule has 0 atom stereocenters. The van der Waals surface area contributed by atoms with Crippen molar-refractivity contribution in [3.05, 3.63) is 48.5 Å². The number of hydrogen-bond acceptors (Lipinski definition) is 7. The van der Waals surface area contributed by atoms with Crippen LogP contribution in [0, 0.1) is 0 Å². The molecule has 2 aromatic carbocycles. The molecule has 28 heavy (non-hydrogen) atoms. The summed E-state index contributed by atoms with van der Waals surface area (Å²) < 4.78 is 31.3. The van der Waals surface area contributed by atoms with E-state index in [0.29, 0.717) is 25.4 Å². The van der Waals surface area contributed by atoms with Gasteiger partial charge in [0.1, 0.15) is 18.2 Å². The van der Waals surface area contributed by atoms with Gasteiger partial charge in [0.25, 0.3) is 0 Å². The van der Waals surface area contributed by atoms with E-state index in [9.17, 15) is 13.2 Å². The first-order valence-corrected chi connectivity index (χ1v) is 10.6. The first kappa shape index (κ1) is 18.5. The fourth-order valence-electron chi connectivity index (χ4n) is 3.35. The third kappa shape index (κ3) is 3.73. The number of amidine groups is 1. The van der Waals surface area contributed by atoms with Crippen LogP contribution in [0.4, 0.5) is 5.69 Å². The van der Waals surface area contributed by atoms with Crippen LogP contribution >= 0.6 is 0 Å². The van der Waals surface area contributed by atoms with Crippen LogP contribution in [-0.4, -0.2) is 52.8 Å². The number of ether oxygens (including phenoxy) is 1. The predicted molar refractivity (Wildman–Crippen MR) is 106 cm³/mol. The number of Topliss-reactive ketones (excluding diaryl/α,β-unsaturated/α-hetero) is 1. The monoisotopic (exact) mass is 399 g/mol. The van der Waals surface area contributed by atoms with E-state index in [-0.39, 0.29) is 28.5 Å². The highest BCUT2D eigenvalue weighted by atomic mass is 32.2. The van der Waals surface area contributed by atoms with E-state index in [0.717, 1.165) is 18.1 Å². The van der Waals surface area contributed by atoms with Crippen molar-refractivity contribution in [2.24, 2.45) is 4.99 Å². The zero-order valence-corrected chi connectivity index (χ0v) is 16.1. The highest BCUT2D eigenvalue weighted by Gasteiger charge is 2.25. The van der Waals surface area contributed by atoms with Crippen LogP contribution in [0.15, 0.2) is 63.3 Å². The Morgan fingerprint density at radius 3 is 2.71 bits per heavy atom. The predicted octanol–water partition coefficient (Wildman–Crippen LogP) is 1.68. The number of fused-ring (bicyclic) bond motifs is 1. The quantitative estimate of drug-likeness (QED) is 0.795. The highest BCUT2D eigenvalue weighted by Crippen LogP contribution is 2.35. The Balaban J connectivity index is 1.55. The van der Waals surface area contributed by atoms with Crippen LogP contribution in [0.25, 0.3) is 0 Å². The number of nitrogens with one attached hydrogen (secondary N) is 1. The van der Waals surface area contributed by atoms with Crippen LogP contribution < -0.4 is 15.0 Å². The second-order valence-corrected chi connectivity index (χ2v) is 8.64. The molecule has 0 amide bonds. The van der Waals surface area contributed by atoms with Crippen molar-refractivity contribution >= 4 is 27.1 Å². The molecular weight excluding hydrogens is 378 g/mol. The largest absolute Gasteiger partial charge is 0.490 e. The summed E-state index contributed by atoms with van der Waals surface area (Å²) in [6, 6.07) is 13.1. The van der Waals surface area contributed by atoms with Crippen LogP contribution in [0.5, 0.6) is 5.75 Å². The van der Waals surface area contributed by atoms with E-state index >= 15 is 0 Å². The van der Waals surface area contributed by atoms with Gasteiger partial charge in [0.2, 0.25) is 9.84 Å². The van der Waals surface area contributed by atoms with E-state index in [4.69, 9.17) is 4.74 Å². The molecule has 7 nitrogen and oxygen atoms in total. The molecule has 2 heterocycles. The van der Waals surface area contributed by atoms with Gasteiger partial charge in [-0.05, 0) is 24.3 Å². The number of nitrogens with zero attached hydrogens (tertiary/aromatic N) is 2. The van der Waals surface area contributed by atoms with Gasteiger partial charge in [-0.3, -0.25) is 9.79 Å². The van der Waals surface area contributed by atoms with Crippen molar-refractivity contribution in [2.75, 3.05) is 37.7 Å². The van der Waals surface area contributed by atoms with Gasteiger partial charge in [0.15, 0.2) is 5.78 Å². The van der Waals surface area contributed by atoms with Crippen molar-refractivity contribution in [1.29, 1.82) is 0 Å². The summed E-state index contributed by atoms with van der Waals surface area (Å²) in [5.41, 5.74) is 0.730. The Morgan fingerprint density at radius 2 is 1.96 bits per heavy atom. The van der Waals surface area contributed by atoms with Gasteiger partial charge in [0, 0.05) is 12.6 Å². The Labute approximate surface area is 164 Å². The topological polar surface area (TPSA) is 88.1 Å². The molecule has 0 spiro atoms. The SMILES string of the molecule is O=C(CC1=NCCN1)CN1CCOc2cc(S(=O)(=O)c3ccccc3)ccc21. The Morgan fingerprint density at radius 1 is 1.14 bits per heavy atom. The van der Waals surface area contributed by atoms with Crippen LogP contribution in [0.2, 0.25) is 0 Å². The number of anilines is 1. The third-order valence-corrected chi connectivity index (χ3v) is 6.50. The average Bonchev–Trinajstić information content (AvgIpc) is 3.21. The normalized spacial score (nSPS) is 16.0. The zero-order chi connectivity index (χ0) is 19.6. The molecule has 0 saturated carbocycles. The summed E-state index contributed by atoms with van der Waals surface area (Å²) in [6.45, 7) is 2.70. The molecule has 0 bridgehead atoms. The molecule has 8 heteroatoms. The van der Waals surface area contributed by atoms with Gasteiger partial charge in [-0.1, -0.05) is 18.2 Å². The second-order valence-electron chi connectivity index (χ2n) is 6.69. The van der Waals surface area contributed by atoms with Crippen LogP contribution in [-0.2, 0) is 14.6 Å². The maximum absolute atomic E-state index is 12.8. The molecule has 146 valence electrons. The summed E-state index contributed by atoms with van der Waals surface area (Å²) in [5.74, 6) is 1.28. The zero-order valence-electron chi connectivity index (χ0n) is 15.3. The van der Waals surface area contributed by atoms with E-state index in [2.05, 4.69) is 10.3 Å². The lowest BCUT2D eigenvalue weighted by Crippen LogP contribution is -2.38. The average molecular weight is 399 g/mol. The summed E-state index contributed by atoms with van der Waals surface area (Å²) in [7, 11) is -3.62. The maximum atomic E-state index is 12.8. The lowest BCUT2D eigenvalue weighted by atomic mass is 10.2. The third-order valence-electron chi connectivity index (χ3n) is 4.73. The molecule has 2 aliphatic rings. The second kappa shape index (κ2) is 7.63. The number of ketones is 1. The van der Waals surface area contributed by atoms with Gasteiger partial charge >= 0.3 is 0 Å². The molecule has 1 N–H and O–H groups in total. The summed E-state index contributed by atoms with van der Waals surface area (Å²) in [5, 5.41) is 3.10. The van der Waals surface area contributed by atoms with E-state index < -0.39 is 9.84 Å². The van der Waals surface area contributed by atoms with Gasteiger partial charge in [-0.15, -0.1) is 0 Å². The Bertz CT molecular complexity index is 1020. The molecule has 0 fully saturated rings. The molecule has 2 aromatic rings. The molecule has 0 aromatic heterocycles. The fraction of sp³-hybridized carbons (Fsp3) is 0.300. The molecule has 0 unspecified atom stereocenters. The minimum atomic E-state index is -3.62. The first-order valence-electron chi connectivity index (χ1n) is 9.15. The van der Waals surface area contributed by atoms with Crippen molar-refractivity contribution in [3.8, 4) is 5.75 Å². The first-order chi connectivity index (χ1) is 13.5. The number of benzene rings is 2. The van der Waals surface area contributed by atoms with Crippen molar-refractivity contribution in [2.45, 2.75) is 16.2 Å². The van der Waals surface area contributed by atoms with E-state index in [1.165, 1.54) is 6.07 Å². The minimum Gasteiger partial charge on any atom is -0.490 e. The standard InChI is InChI=1S/C20H21N3O4S/c24-15(12-20-21-8-9-22-20)14-23-10-11-27-19-13-17(6-7-18(19)23)28(25,26)16-4-2-1-3-5-16/h1-7,13H,8-12,14H2,(H,21,22). The molecule has 0 radical (unpaired) electrons. The Kier molecular flexibility index (Phi) is 5.04.